The fourth-order valence-electron chi connectivity index (χ4n) is 5.41. The number of pyridine rings is 1. The van der Waals surface area contributed by atoms with Gasteiger partial charge < -0.3 is 20.4 Å². The quantitative estimate of drug-likeness (QED) is 0.242. The third-order valence-electron chi connectivity index (χ3n) is 7.68. The average Bonchev–Trinajstić information content (AvgIpc) is 3.73. The van der Waals surface area contributed by atoms with Crippen molar-refractivity contribution in [2.45, 2.75) is 44.6 Å². The fraction of sp³-hybridized carbons (Fsp3) is 0.448. The summed E-state index contributed by atoms with van der Waals surface area (Å²) in [4.78, 5) is 20.1. The molecule has 2 aliphatic carbocycles. The van der Waals surface area contributed by atoms with Crippen LogP contribution in [0.25, 0.3) is 22.0 Å². The summed E-state index contributed by atoms with van der Waals surface area (Å²) in [5.41, 5.74) is 4.01. The zero-order chi connectivity index (χ0) is 26.1. The van der Waals surface area contributed by atoms with Crippen molar-refractivity contribution in [2.75, 3.05) is 32.1 Å². The van der Waals surface area contributed by atoms with Crippen molar-refractivity contribution in [3.8, 4) is 16.9 Å². The highest BCUT2D eigenvalue weighted by Crippen LogP contribution is 2.40. The molecule has 0 aliphatic heterocycles. The number of fused-ring (bicyclic) bond motifs is 1. The van der Waals surface area contributed by atoms with Crippen LogP contribution in [0.2, 0.25) is 10.0 Å². The second-order valence-corrected chi connectivity index (χ2v) is 11.4. The van der Waals surface area contributed by atoms with Crippen molar-refractivity contribution >= 4 is 58.0 Å². The summed E-state index contributed by atoms with van der Waals surface area (Å²) in [6.07, 6.45) is 7.88. The summed E-state index contributed by atoms with van der Waals surface area (Å²) < 4.78 is 0. The van der Waals surface area contributed by atoms with Crippen molar-refractivity contribution in [2.24, 2.45) is 11.8 Å². The standard InChI is InChI=1S/C29H33Cl2N3O3.ClH/c1-34(10-11-35)16-17-2-7-21(8-3-17)33-27-22-12-19(20-13-24(30)29(37)25(31)14-20)6-9-26(22)32-15-23(27)28(36)18-4-5-18;/h6,9,12-15,17-18,21,35,37H,2-5,7-8,10-11,16H2,1H3,(H,32,33);1H. The van der Waals surface area contributed by atoms with Crippen LogP contribution in [0.4, 0.5) is 5.69 Å². The van der Waals surface area contributed by atoms with E-state index in [4.69, 9.17) is 23.2 Å². The van der Waals surface area contributed by atoms with Gasteiger partial charge in [0.2, 0.25) is 0 Å². The summed E-state index contributed by atoms with van der Waals surface area (Å²) in [6, 6.07) is 9.59. The number of ketones is 1. The van der Waals surface area contributed by atoms with Gasteiger partial charge in [-0.3, -0.25) is 9.78 Å². The maximum atomic E-state index is 13.3. The van der Waals surface area contributed by atoms with E-state index >= 15 is 0 Å². The van der Waals surface area contributed by atoms with Gasteiger partial charge in [0.25, 0.3) is 0 Å². The number of rotatable bonds is 9. The number of nitrogens with zero attached hydrogens (tertiary/aromatic N) is 2. The molecule has 0 bridgehead atoms. The topological polar surface area (TPSA) is 85.7 Å². The largest absolute Gasteiger partial charge is 0.505 e. The number of anilines is 1. The van der Waals surface area contributed by atoms with Crippen LogP contribution < -0.4 is 5.32 Å². The molecular weight excluding hydrogens is 545 g/mol. The second kappa shape index (κ2) is 12.4. The molecule has 204 valence electrons. The van der Waals surface area contributed by atoms with Crippen molar-refractivity contribution in [1.29, 1.82) is 0 Å². The molecule has 1 heterocycles. The number of halogens is 3. The van der Waals surface area contributed by atoms with E-state index in [1.807, 2.05) is 18.2 Å². The highest BCUT2D eigenvalue weighted by molar-refractivity contribution is 6.37. The van der Waals surface area contributed by atoms with E-state index in [-0.39, 0.29) is 52.6 Å². The van der Waals surface area contributed by atoms with Crippen molar-refractivity contribution < 1.29 is 15.0 Å². The predicted molar refractivity (Wildman–Crippen MR) is 157 cm³/mol. The molecule has 0 unspecified atom stereocenters. The molecule has 3 N–H and O–H groups in total. The van der Waals surface area contributed by atoms with Crippen LogP contribution >= 0.6 is 35.6 Å². The van der Waals surface area contributed by atoms with Crippen LogP contribution in [0.3, 0.4) is 0 Å². The Morgan fingerprint density at radius 2 is 1.74 bits per heavy atom. The van der Waals surface area contributed by atoms with Crippen molar-refractivity contribution in [1.82, 2.24) is 9.88 Å². The number of likely N-dealkylation sites (N-methyl/N-ethyl adjacent to an activating group) is 1. The number of Topliss-reactive ketones (excluding diaryl/α,β-unsaturated/α-hetero) is 1. The Hall–Kier alpha value is -2.09. The van der Waals surface area contributed by atoms with Gasteiger partial charge in [0, 0.05) is 36.6 Å². The van der Waals surface area contributed by atoms with Gasteiger partial charge >= 0.3 is 0 Å². The summed E-state index contributed by atoms with van der Waals surface area (Å²) >= 11 is 12.4. The number of phenols is 1. The van der Waals surface area contributed by atoms with Crippen LogP contribution in [0.5, 0.6) is 5.75 Å². The van der Waals surface area contributed by atoms with Gasteiger partial charge in [0.05, 0.1) is 33.4 Å². The number of aromatic hydroxyl groups is 1. The minimum Gasteiger partial charge on any atom is -0.505 e. The average molecular weight is 579 g/mol. The van der Waals surface area contributed by atoms with Crippen LogP contribution in [0, 0.1) is 11.8 Å². The van der Waals surface area contributed by atoms with Gasteiger partial charge in [0.15, 0.2) is 11.5 Å². The number of hydrogen-bond donors (Lipinski definition) is 3. The summed E-state index contributed by atoms with van der Waals surface area (Å²) in [5.74, 6) is 0.743. The molecule has 2 saturated carbocycles. The molecule has 0 spiro atoms. The lowest BCUT2D eigenvalue weighted by atomic mass is 9.85. The lowest BCUT2D eigenvalue weighted by molar-refractivity contribution is 0.0968. The number of carbonyl (C=O) groups is 1. The fourth-order valence-corrected chi connectivity index (χ4v) is 5.90. The number of carbonyl (C=O) groups excluding carboxylic acids is 1. The van der Waals surface area contributed by atoms with Gasteiger partial charge in [-0.2, -0.15) is 0 Å². The summed E-state index contributed by atoms with van der Waals surface area (Å²) in [5, 5.41) is 24.2. The first-order chi connectivity index (χ1) is 17.8. The van der Waals surface area contributed by atoms with E-state index in [0.717, 1.165) is 72.8 Å². The van der Waals surface area contributed by atoms with Crippen LogP contribution in [-0.2, 0) is 0 Å². The number of nitrogens with one attached hydrogen (secondary N) is 1. The van der Waals surface area contributed by atoms with Gasteiger partial charge in [0.1, 0.15) is 0 Å². The molecular formula is C29H34Cl3N3O3. The Bertz CT molecular complexity index is 1280. The highest BCUT2D eigenvalue weighted by atomic mass is 35.5. The minimum atomic E-state index is -0.132. The Morgan fingerprint density at radius 1 is 1.05 bits per heavy atom. The van der Waals surface area contributed by atoms with Crippen molar-refractivity contribution in [3.05, 3.63) is 52.1 Å². The Kier molecular flexibility index (Phi) is 9.43. The molecule has 2 fully saturated rings. The summed E-state index contributed by atoms with van der Waals surface area (Å²) in [6.45, 7) is 1.89. The molecule has 5 rings (SSSR count). The van der Waals surface area contributed by atoms with E-state index in [2.05, 4.69) is 22.2 Å². The van der Waals surface area contributed by atoms with Crippen LogP contribution in [0.1, 0.15) is 48.9 Å². The zero-order valence-electron chi connectivity index (χ0n) is 21.4. The van der Waals surface area contributed by atoms with E-state index < -0.39 is 0 Å². The minimum absolute atomic E-state index is 0. The first kappa shape index (κ1) is 28.9. The number of phenolic OH excluding ortho intramolecular Hbond substituents is 1. The maximum absolute atomic E-state index is 13.3. The van der Waals surface area contributed by atoms with E-state index in [1.54, 1.807) is 18.3 Å². The van der Waals surface area contributed by atoms with Crippen molar-refractivity contribution in [3.63, 3.8) is 0 Å². The van der Waals surface area contributed by atoms with E-state index in [0.29, 0.717) is 18.0 Å². The van der Waals surface area contributed by atoms with Crippen LogP contribution in [-0.4, -0.2) is 58.7 Å². The van der Waals surface area contributed by atoms with Gasteiger partial charge in [-0.1, -0.05) is 29.3 Å². The molecule has 0 amide bonds. The van der Waals surface area contributed by atoms with E-state index in [1.165, 1.54) is 0 Å². The Balaban J connectivity index is 0.00000336. The lowest BCUT2D eigenvalue weighted by Crippen LogP contribution is -2.33. The molecule has 0 radical (unpaired) electrons. The van der Waals surface area contributed by atoms with E-state index in [9.17, 15) is 15.0 Å². The molecule has 0 atom stereocenters. The predicted octanol–water partition coefficient (Wildman–Crippen LogP) is 6.82. The van der Waals surface area contributed by atoms with Gasteiger partial charge in [-0.25, -0.2) is 0 Å². The molecule has 6 nitrogen and oxygen atoms in total. The number of aliphatic hydroxyl groups is 1. The SMILES string of the molecule is CN(CCO)CC1CCC(Nc2c(C(=O)C3CC3)cnc3ccc(-c4cc(Cl)c(O)c(Cl)c4)cc23)CC1.Cl. The van der Waals surface area contributed by atoms with Crippen LogP contribution in [0.15, 0.2) is 36.5 Å². The molecule has 2 aromatic carbocycles. The van der Waals surface area contributed by atoms with Gasteiger partial charge in [-0.15, -0.1) is 12.4 Å². The molecule has 1 aromatic heterocycles. The first-order valence-corrected chi connectivity index (χ1v) is 13.8. The third-order valence-corrected chi connectivity index (χ3v) is 8.25. The lowest BCUT2D eigenvalue weighted by Gasteiger charge is -2.32. The molecule has 0 saturated heterocycles. The molecule has 9 heteroatoms. The number of aliphatic hydroxyl groups excluding tert-OH is 1. The zero-order valence-corrected chi connectivity index (χ0v) is 23.7. The number of aromatic nitrogens is 1. The maximum Gasteiger partial charge on any atom is 0.169 e. The first-order valence-electron chi connectivity index (χ1n) is 13.0. The Morgan fingerprint density at radius 3 is 2.37 bits per heavy atom. The molecule has 38 heavy (non-hydrogen) atoms. The summed E-state index contributed by atoms with van der Waals surface area (Å²) in [7, 11) is 2.06. The Labute approximate surface area is 239 Å². The highest BCUT2D eigenvalue weighted by Gasteiger charge is 2.33. The number of benzene rings is 2. The molecule has 2 aliphatic rings. The monoisotopic (exact) mass is 577 g/mol. The van der Waals surface area contributed by atoms with Gasteiger partial charge in [-0.05, 0) is 86.9 Å². The third kappa shape index (κ3) is 6.37. The number of hydrogen-bond acceptors (Lipinski definition) is 6. The smallest absolute Gasteiger partial charge is 0.169 e. The normalized spacial score (nSPS) is 19.4. The molecule has 3 aromatic rings. The second-order valence-electron chi connectivity index (χ2n) is 10.6.